The van der Waals surface area contributed by atoms with E-state index in [2.05, 4.69) is 0 Å². The third-order valence-corrected chi connectivity index (χ3v) is 2.71. The molecule has 2 fully saturated rings. The summed E-state index contributed by atoms with van der Waals surface area (Å²) in [7, 11) is 1.58. The molecule has 0 spiro atoms. The van der Waals surface area contributed by atoms with Gasteiger partial charge >= 0.3 is 0 Å². The highest BCUT2D eigenvalue weighted by Crippen LogP contribution is 2.39. The number of fused-ring (bicyclic) bond motifs is 1. The molecule has 0 aliphatic carbocycles. The van der Waals surface area contributed by atoms with Crippen molar-refractivity contribution in [1.29, 1.82) is 0 Å². The maximum absolute atomic E-state index is 8.75. The van der Waals surface area contributed by atoms with Gasteiger partial charge in [-0.15, -0.1) is 0 Å². The molecule has 0 aromatic rings. The van der Waals surface area contributed by atoms with Crippen molar-refractivity contribution in [2.24, 2.45) is 0 Å². The molecule has 2 aliphatic heterocycles. The molecule has 5 nitrogen and oxygen atoms in total. The maximum Gasteiger partial charge on any atom is 0.187 e. The van der Waals surface area contributed by atoms with Crippen LogP contribution in [-0.4, -0.2) is 49.2 Å². The summed E-state index contributed by atoms with van der Waals surface area (Å²) in [4.78, 5) is 0. The second kappa shape index (κ2) is 4.43. The fourth-order valence-electron chi connectivity index (χ4n) is 2.13. The van der Waals surface area contributed by atoms with Crippen LogP contribution in [0.15, 0.2) is 12.2 Å². The van der Waals surface area contributed by atoms with Crippen LogP contribution in [0.5, 0.6) is 0 Å². The number of methoxy groups -OCH3 is 1. The third-order valence-electron chi connectivity index (χ3n) is 2.71. The normalized spacial score (nSPS) is 41.8. The lowest BCUT2D eigenvalue weighted by Crippen LogP contribution is -2.30. The molecule has 2 heterocycles. The summed E-state index contributed by atoms with van der Waals surface area (Å²) >= 11 is 0. The Hall–Kier alpha value is -0.460. The first-order valence-corrected chi connectivity index (χ1v) is 5.39. The summed E-state index contributed by atoms with van der Waals surface area (Å²) in [5.41, 5.74) is 0. The summed E-state index contributed by atoms with van der Waals surface area (Å²) in [6.07, 6.45) is 2.37. The van der Waals surface area contributed by atoms with Gasteiger partial charge in [-0.1, -0.05) is 12.2 Å². The van der Waals surface area contributed by atoms with E-state index in [0.717, 1.165) is 0 Å². The van der Waals surface area contributed by atoms with Gasteiger partial charge in [0.1, 0.15) is 18.3 Å². The first-order valence-electron chi connectivity index (χ1n) is 5.39. The maximum atomic E-state index is 8.75. The minimum absolute atomic E-state index is 0.0147. The van der Waals surface area contributed by atoms with Gasteiger partial charge in [-0.3, -0.25) is 0 Å². The molecule has 5 heteroatoms. The largest absolute Gasteiger partial charge is 0.392 e. The van der Waals surface area contributed by atoms with Gasteiger partial charge in [0.25, 0.3) is 0 Å². The van der Waals surface area contributed by atoms with Crippen LogP contribution in [0.2, 0.25) is 0 Å². The molecular formula is C11H18O5. The molecule has 0 radical (unpaired) electrons. The summed E-state index contributed by atoms with van der Waals surface area (Å²) in [6.45, 7) is 3.72. The Balaban J connectivity index is 2.11. The molecule has 2 aliphatic rings. The van der Waals surface area contributed by atoms with Crippen molar-refractivity contribution in [1.82, 2.24) is 0 Å². The number of hydrogen-bond donors (Lipinski definition) is 1. The van der Waals surface area contributed by atoms with E-state index in [-0.39, 0.29) is 24.9 Å². The van der Waals surface area contributed by atoms with Crippen LogP contribution in [0.25, 0.3) is 0 Å². The van der Waals surface area contributed by atoms with E-state index >= 15 is 0 Å². The minimum Gasteiger partial charge on any atom is -0.392 e. The van der Waals surface area contributed by atoms with Crippen LogP contribution < -0.4 is 0 Å². The zero-order chi connectivity index (χ0) is 11.8. The highest BCUT2D eigenvalue weighted by molar-refractivity contribution is 5.04. The predicted molar refractivity (Wildman–Crippen MR) is 55.7 cm³/mol. The van der Waals surface area contributed by atoms with E-state index in [0.29, 0.717) is 0 Å². The summed E-state index contributed by atoms with van der Waals surface area (Å²) < 4.78 is 22.3. The molecule has 0 aromatic heterocycles. The van der Waals surface area contributed by atoms with Crippen LogP contribution >= 0.6 is 0 Å². The lowest BCUT2D eigenvalue weighted by molar-refractivity contribution is -0.221. The second-order valence-corrected chi connectivity index (χ2v) is 4.38. The number of aliphatic hydroxyl groups excluding tert-OH is 1. The fourth-order valence-corrected chi connectivity index (χ4v) is 2.13. The standard InChI is InChI=1S/C11H18O5/c1-11(2)15-8-7(5-4-6-12)14-10(13-3)9(8)16-11/h4-5,7-10,12H,6H2,1-3H3/b5-4+/t7-,8-,9-,10-/m1/s1. The molecule has 16 heavy (non-hydrogen) atoms. The zero-order valence-electron chi connectivity index (χ0n) is 9.75. The van der Waals surface area contributed by atoms with Gasteiger partial charge < -0.3 is 24.1 Å². The van der Waals surface area contributed by atoms with Gasteiger partial charge in [-0.2, -0.15) is 0 Å². The Morgan fingerprint density at radius 2 is 2.00 bits per heavy atom. The number of ether oxygens (including phenoxy) is 4. The van der Waals surface area contributed by atoms with E-state index in [1.54, 1.807) is 19.3 Å². The Kier molecular flexibility index (Phi) is 3.32. The number of rotatable bonds is 3. The van der Waals surface area contributed by atoms with Crippen molar-refractivity contribution in [3.8, 4) is 0 Å². The molecule has 1 N–H and O–H groups in total. The monoisotopic (exact) mass is 230 g/mol. The van der Waals surface area contributed by atoms with E-state index in [1.165, 1.54) is 0 Å². The molecular weight excluding hydrogens is 212 g/mol. The van der Waals surface area contributed by atoms with Crippen LogP contribution in [0.3, 0.4) is 0 Å². The Morgan fingerprint density at radius 3 is 2.62 bits per heavy atom. The Bertz CT molecular complexity index is 276. The van der Waals surface area contributed by atoms with Crippen molar-refractivity contribution < 1.29 is 24.1 Å². The van der Waals surface area contributed by atoms with Crippen molar-refractivity contribution in [3.05, 3.63) is 12.2 Å². The van der Waals surface area contributed by atoms with Crippen LogP contribution in [-0.2, 0) is 18.9 Å². The highest BCUT2D eigenvalue weighted by Gasteiger charge is 2.54. The molecule has 92 valence electrons. The molecule has 0 amide bonds. The van der Waals surface area contributed by atoms with Crippen molar-refractivity contribution in [2.75, 3.05) is 13.7 Å². The van der Waals surface area contributed by atoms with Crippen molar-refractivity contribution >= 4 is 0 Å². The Morgan fingerprint density at radius 1 is 1.31 bits per heavy atom. The zero-order valence-corrected chi connectivity index (χ0v) is 9.75. The van der Waals surface area contributed by atoms with Crippen LogP contribution in [0.1, 0.15) is 13.8 Å². The first kappa shape index (κ1) is 12.0. The van der Waals surface area contributed by atoms with Crippen molar-refractivity contribution in [3.63, 3.8) is 0 Å². The van der Waals surface area contributed by atoms with Crippen molar-refractivity contribution in [2.45, 2.75) is 44.2 Å². The van der Waals surface area contributed by atoms with Gasteiger partial charge in [-0.25, -0.2) is 0 Å². The van der Waals surface area contributed by atoms with Crippen LogP contribution in [0, 0.1) is 0 Å². The second-order valence-electron chi connectivity index (χ2n) is 4.38. The van der Waals surface area contributed by atoms with Gasteiger partial charge in [0.15, 0.2) is 12.1 Å². The lowest BCUT2D eigenvalue weighted by Gasteiger charge is -2.22. The number of aliphatic hydroxyl groups is 1. The average molecular weight is 230 g/mol. The van der Waals surface area contributed by atoms with E-state index in [9.17, 15) is 0 Å². The van der Waals surface area contributed by atoms with Gasteiger partial charge in [0, 0.05) is 7.11 Å². The van der Waals surface area contributed by atoms with E-state index < -0.39 is 12.1 Å². The van der Waals surface area contributed by atoms with Gasteiger partial charge in [0.05, 0.1) is 6.61 Å². The summed E-state index contributed by atoms with van der Waals surface area (Å²) in [5, 5.41) is 8.75. The third kappa shape index (κ3) is 2.14. The fraction of sp³-hybridized carbons (Fsp3) is 0.818. The minimum atomic E-state index is -0.610. The molecule has 0 unspecified atom stereocenters. The van der Waals surface area contributed by atoms with Gasteiger partial charge in [-0.05, 0) is 13.8 Å². The molecule has 0 bridgehead atoms. The SMILES string of the molecule is CO[C@@H]1O[C@H](/C=C/CO)[C@H]2OC(C)(C)O[C@@H]12. The average Bonchev–Trinajstić information content (AvgIpc) is 2.69. The highest BCUT2D eigenvalue weighted by atomic mass is 16.8. The molecule has 2 rings (SSSR count). The van der Waals surface area contributed by atoms with Gasteiger partial charge in [0.2, 0.25) is 0 Å². The Labute approximate surface area is 94.9 Å². The first-order chi connectivity index (χ1) is 7.57. The molecule has 4 atom stereocenters. The summed E-state index contributed by atoms with van der Waals surface area (Å²) in [5.74, 6) is -0.610. The van der Waals surface area contributed by atoms with Crippen LogP contribution in [0.4, 0.5) is 0 Å². The molecule has 2 saturated heterocycles. The number of hydrogen-bond acceptors (Lipinski definition) is 5. The predicted octanol–water partition coefficient (Wildman–Crippen LogP) is 0.426. The molecule has 0 aromatic carbocycles. The quantitative estimate of drug-likeness (QED) is 0.712. The summed E-state index contributed by atoms with van der Waals surface area (Å²) in [6, 6.07) is 0. The topological polar surface area (TPSA) is 57.2 Å². The smallest absolute Gasteiger partial charge is 0.187 e. The lowest BCUT2D eigenvalue weighted by atomic mass is 10.1. The van der Waals surface area contributed by atoms with E-state index in [4.69, 9.17) is 24.1 Å². The van der Waals surface area contributed by atoms with E-state index in [1.807, 2.05) is 13.8 Å². The molecule has 0 saturated carbocycles.